The Morgan fingerprint density at radius 3 is 2.57 bits per heavy atom. The largest absolute Gasteiger partial charge is 0.492 e. The summed E-state index contributed by atoms with van der Waals surface area (Å²) in [6.07, 6.45) is 1.39. The maximum Gasteiger partial charge on any atom is 0.262 e. The van der Waals surface area contributed by atoms with E-state index in [1.807, 2.05) is 26.8 Å². The Labute approximate surface area is 164 Å². The van der Waals surface area contributed by atoms with Gasteiger partial charge in [0.1, 0.15) is 23.4 Å². The minimum atomic E-state index is -0.305. The first kappa shape index (κ1) is 19.7. The summed E-state index contributed by atoms with van der Waals surface area (Å²) in [7, 11) is 0. The first-order chi connectivity index (χ1) is 13.5. The van der Waals surface area contributed by atoms with E-state index >= 15 is 0 Å². The highest BCUT2D eigenvalue weighted by molar-refractivity contribution is 5.96. The van der Waals surface area contributed by atoms with Crippen molar-refractivity contribution in [2.24, 2.45) is 0 Å². The molecule has 1 amide bonds. The normalized spacial score (nSPS) is 14.8. The Morgan fingerprint density at radius 1 is 1.14 bits per heavy atom. The van der Waals surface area contributed by atoms with E-state index in [4.69, 9.17) is 14.2 Å². The van der Waals surface area contributed by atoms with Gasteiger partial charge in [-0.1, -0.05) is 6.92 Å². The smallest absolute Gasteiger partial charge is 0.262 e. The number of benzene rings is 2. The first-order valence-corrected chi connectivity index (χ1v) is 9.52. The van der Waals surface area contributed by atoms with Crippen LogP contribution in [0.15, 0.2) is 36.4 Å². The zero-order valence-electron chi connectivity index (χ0n) is 16.4. The van der Waals surface area contributed by atoms with Crippen LogP contribution in [0.25, 0.3) is 0 Å². The van der Waals surface area contributed by atoms with Crippen LogP contribution in [0, 0.1) is 0 Å². The number of rotatable bonds is 8. The molecule has 6 heteroatoms. The summed E-state index contributed by atoms with van der Waals surface area (Å²) in [6.45, 7) is 6.07. The molecule has 6 nitrogen and oxygen atoms in total. The van der Waals surface area contributed by atoms with Gasteiger partial charge < -0.3 is 19.5 Å². The lowest BCUT2D eigenvalue weighted by Crippen LogP contribution is -2.20. The average Bonchev–Trinajstić information content (AvgIpc) is 3.05. The molecule has 1 unspecified atom stereocenters. The molecule has 148 valence electrons. The number of Topliss-reactive ketones (excluding diaryl/α,β-unsaturated/α-hetero) is 1. The van der Waals surface area contributed by atoms with Gasteiger partial charge in [0.2, 0.25) is 0 Å². The van der Waals surface area contributed by atoms with Gasteiger partial charge in [-0.05, 0) is 44.2 Å². The third-order valence-corrected chi connectivity index (χ3v) is 4.44. The average molecular weight is 383 g/mol. The van der Waals surface area contributed by atoms with E-state index in [9.17, 15) is 9.59 Å². The van der Waals surface area contributed by atoms with Crippen molar-refractivity contribution >= 4 is 17.4 Å². The first-order valence-electron chi connectivity index (χ1n) is 9.52. The zero-order valence-corrected chi connectivity index (χ0v) is 16.4. The number of fused-ring (bicyclic) bond motifs is 1. The molecule has 3 rings (SSSR count). The van der Waals surface area contributed by atoms with Gasteiger partial charge in [-0.3, -0.25) is 9.59 Å². The van der Waals surface area contributed by atoms with Crippen LogP contribution < -0.4 is 19.5 Å². The highest BCUT2D eigenvalue weighted by Gasteiger charge is 2.22. The lowest BCUT2D eigenvalue weighted by Gasteiger charge is -2.14. The summed E-state index contributed by atoms with van der Waals surface area (Å²) < 4.78 is 17.0. The number of amides is 1. The van der Waals surface area contributed by atoms with Crippen LogP contribution >= 0.6 is 0 Å². The fourth-order valence-corrected chi connectivity index (χ4v) is 3.09. The number of nitrogens with one attached hydrogen (secondary N) is 1. The number of hydrogen-bond donors (Lipinski definition) is 1. The highest BCUT2D eigenvalue weighted by Crippen LogP contribution is 2.38. The molecule has 0 saturated carbocycles. The van der Waals surface area contributed by atoms with Crippen LogP contribution in [0.1, 0.15) is 43.1 Å². The molecule has 0 aliphatic carbocycles. The minimum Gasteiger partial charge on any atom is -0.492 e. The molecule has 0 bridgehead atoms. The molecule has 1 atom stereocenters. The molecule has 1 heterocycles. The van der Waals surface area contributed by atoms with Gasteiger partial charge >= 0.3 is 0 Å². The maximum atomic E-state index is 12.3. The molecule has 2 aromatic rings. The number of ketones is 1. The van der Waals surface area contributed by atoms with Crippen molar-refractivity contribution in [1.82, 2.24) is 0 Å². The fourth-order valence-electron chi connectivity index (χ4n) is 3.09. The van der Waals surface area contributed by atoms with Crippen molar-refractivity contribution in [3.05, 3.63) is 47.5 Å². The summed E-state index contributed by atoms with van der Waals surface area (Å²) in [4.78, 5) is 24.0. The summed E-state index contributed by atoms with van der Waals surface area (Å²) in [5, 5.41) is 2.83. The molecule has 0 spiro atoms. The Morgan fingerprint density at radius 2 is 1.89 bits per heavy atom. The van der Waals surface area contributed by atoms with E-state index in [1.165, 1.54) is 0 Å². The molecule has 0 aromatic heterocycles. The van der Waals surface area contributed by atoms with Crippen molar-refractivity contribution in [2.45, 2.75) is 39.7 Å². The van der Waals surface area contributed by atoms with Gasteiger partial charge in [-0.15, -0.1) is 0 Å². The second kappa shape index (κ2) is 8.78. The summed E-state index contributed by atoms with van der Waals surface area (Å²) >= 11 is 0. The van der Waals surface area contributed by atoms with Gasteiger partial charge in [0, 0.05) is 30.0 Å². The fraction of sp³-hybridized carbons (Fsp3) is 0.364. The predicted molar refractivity (Wildman–Crippen MR) is 107 cm³/mol. The molecule has 0 radical (unpaired) electrons. The third-order valence-electron chi connectivity index (χ3n) is 4.44. The van der Waals surface area contributed by atoms with Crippen molar-refractivity contribution in [3.63, 3.8) is 0 Å². The van der Waals surface area contributed by atoms with Crippen molar-refractivity contribution in [1.29, 1.82) is 0 Å². The standard InChI is InChI=1S/C22H25NO5/c1-4-19(24)15-6-8-17(9-7-15)27-13-22(25)23-18-12-20-16(10-14(3)28-20)11-21(18)26-5-2/h6-9,11-12,14H,4-5,10,13H2,1-3H3,(H,23,25). The van der Waals surface area contributed by atoms with E-state index in [0.717, 1.165) is 17.7 Å². The van der Waals surface area contributed by atoms with Gasteiger partial charge in [-0.25, -0.2) is 0 Å². The van der Waals surface area contributed by atoms with E-state index in [0.29, 0.717) is 35.8 Å². The Bertz CT molecular complexity index is 860. The predicted octanol–water partition coefficient (Wildman–Crippen LogP) is 4.02. The van der Waals surface area contributed by atoms with E-state index in [2.05, 4.69) is 5.32 Å². The van der Waals surface area contributed by atoms with E-state index in [1.54, 1.807) is 30.3 Å². The second-order valence-electron chi connectivity index (χ2n) is 6.66. The van der Waals surface area contributed by atoms with Crippen LogP contribution in [0.2, 0.25) is 0 Å². The second-order valence-corrected chi connectivity index (χ2v) is 6.66. The van der Waals surface area contributed by atoms with Crippen molar-refractivity contribution in [2.75, 3.05) is 18.5 Å². The molecule has 28 heavy (non-hydrogen) atoms. The van der Waals surface area contributed by atoms with Crippen LogP contribution in [0.3, 0.4) is 0 Å². The van der Waals surface area contributed by atoms with Crippen LogP contribution in [0.5, 0.6) is 17.2 Å². The van der Waals surface area contributed by atoms with Gasteiger partial charge in [0.15, 0.2) is 12.4 Å². The summed E-state index contributed by atoms with van der Waals surface area (Å²) in [5.41, 5.74) is 2.27. The topological polar surface area (TPSA) is 73.9 Å². The van der Waals surface area contributed by atoms with Gasteiger partial charge in [0.25, 0.3) is 5.91 Å². The van der Waals surface area contributed by atoms with Crippen LogP contribution in [0.4, 0.5) is 5.69 Å². The lowest BCUT2D eigenvalue weighted by molar-refractivity contribution is -0.118. The summed E-state index contributed by atoms with van der Waals surface area (Å²) in [5.74, 6) is 1.68. The van der Waals surface area contributed by atoms with Gasteiger partial charge in [-0.2, -0.15) is 0 Å². The molecule has 1 aliphatic rings. The lowest BCUT2D eigenvalue weighted by atomic mass is 10.1. The molecule has 1 N–H and O–H groups in total. The molecular weight excluding hydrogens is 358 g/mol. The Hall–Kier alpha value is -3.02. The third kappa shape index (κ3) is 4.63. The number of carbonyl (C=O) groups excluding carboxylic acids is 2. The quantitative estimate of drug-likeness (QED) is 0.697. The molecular formula is C22H25NO5. The monoisotopic (exact) mass is 383 g/mol. The number of anilines is 1. The number of hydrogen-bond acceptors (Lipinski definition) is 5. The number of carbonyl (C=O) groups is 2. The Kier molecular flexibility index (Phi) is 6.19. The number of ether oxygens (including phenoxy) is 3. The molecule has 0 saturated heterocycles. The van der Waals surface area contributed by atoms with Crippen molar-refractivity contribution < 1.29 is 23.8 Å². The molecule has 1 aliphatic heterocycles. The van der Waals surface area contributed by atoms with E-state index < -0.39 is 0 Å². The zero-order chi connectivity index (χ0) is 20.1. The maximum absolute atomic E-state index is 12.3. The Balaban J connectivity index is 1.63. The minimum absolute atomic E-state index is 0.0703. The molecule has 0 fully saturated rings. The highest BCUT2D eigenvalue weighted by atomic mass is 16.5. The van der Waals surface area contributed by atoms with Crippen LogP contribution in [-0.2, 0) is 11.2 Å². The van der Waals surface area contributed by atoms with Crippen molar-refractivity contribution in [3.8, 4) is 17.2 Å². The van der Waals surface area contributed by atoms with Gasteiger partial charge in [0.05, 0.1) is 12.3 Å². The van der Waals surface area contributed by atoms with Crippen LogP contribution in [-0.4, -0.2) is 31.0 Å². The summed E-state index contributed by atoms with van der Waals surface area (Å²) in [6, 6.07) is 10.5. The SMILES string of the molecule is CCOc1cc2c(cc1NC(=O)COc1ccc(C(=O)CC)cc1)OC(C)C2. The molecule has 2 aromatic carbocycles. The van der Waals surface area contributed by atoms with E-state index in [-0.39, 0.29) is 24.4 Å².